The maximum absolute atomic E-state index is 14.3. The van der Waals surface area contributed by atoms with Gasteiger partial charge in [-0.15, -0.1) is 0 Å². The molecule has 2 N–H and O–H groups in total. The lowest BCUT2D eigenvalue weighted by molar-refractivity contribution is -0.144. The first-order valence-electron chi connectivity index (χ1n) is 14.5. The highest BCUT2D eigenvalue weighted by Gasteiger charge is 2.36. The van der Waals surface area contributed by atoms with E-state index in [1.54, 1.807) is 37.4 Å². The Labute approximate surface area is 250 Å². The second-order valence-electron chi connectivity index (χ2n) is 11.3. The molecule has 0 radical (unpaired) electrons. The van der Waals surface area contributed by atoms with Crippen LogP contribution in [0.5, 0.6) is 0 Å². The predicted molar refractivity (Wildman–Crippen MR) is 165 cm³/mol. The number of amides is 3. The molecule has 1 aromatic carbocycles. The Morgan fingerprint density at radius 2 is 1.66 bits per heavy atom. The molecule has 0 heterocycles. The second-order valence-corrected chi connectivity index (χ2v) is 12.3. The zero-order chi connectivity index (χ0) is 31.0. The highest BCUT2D eigenvalue weighted by molar-refractivity contribution is 7.98. The fourth-order valence-corrected chi connectivity index (χ4v) is 4.78. The van der Waals surface area contributed by atoms with E-state index in [-0.39, 0.29) is 12.5 Å². The van der Waals surface area contributed by atoms with Crippen LogP contribution in [0.25, 0.3) is 0 Å². The molecule has 9 nitrogen and oxygen atoms in total. The molecule has 0 fully saturated rings. The molecule has 3 amide bonds. The first-order chi connectivity index (χ1) is 19.3. The highest BCUT2D eigenvalue weighted by Crippen LogP contribution is 2.26. The van der Waals surface area contributed by atoms with E-state index >= 15 is 0 Å². The van der Waals surface area contributed by atoms with Gasteiger partial charge in [0.25, 0.3) is 0 Å². The number of alkyl carbamates (subject to hydrolysis) is 1. The molecule has 0 aliphatic carbocycles. The molecule has 0 bridgehead atoms. The summed E-state index contributed by atoms with van der Waals surface area (Å²) >= 11 is 1.56. The molecule has 0 saturated heterocycles. The number of carbonyl (C=O) groups is 4. The molecule has 1 rings (SSSR count). The van der Waals surface area contributed by atoms with Gasteiger partial charge in [0, 0.05) is 6.54 Å². The lowest BCUT2D eigenvalue weighted by Crippen LogP contribution is -2.53. The third-order valence-electron chi connectivity index (χ3n) is 6.68. The zero-order valence-electron chi connectivity index (χ0n) is 26.3. The minimum Gasteiger partial charge on any atom is -0.468 e. The fourth-order valence-electron chi connectivity index (χ4n) is 4.31. The van der Waals surface area contributed by atoms with Crippen molar-refractivity contribution in [1.29, 1.82) is 0 Å². The summed E-state index contributed by atoms with van der Waals surface area (Å²) in [4.78, 5) is 54.1. The molecule has 2 atom stereocenters. The van der Waals surface area contributed by atoms with Crippen molar-refractivity contribution >= 4 is 35.6 Å². The van der Waals surface area contributed by atoms with Crippen LogP contribution < -0.4 is 10.6 Å². The van der Waals surface area contributed by atoms with Crippen molar-refractivity contribution in [2.45, 2.75) is 104 Å². The van der Waals surface area contributed by atoms with Gasteiger partial charge in [0.2, 0.25) is 11.8 Å². The second kappa shape index (κ2) is 18.6. The van der Waals surface area contributed by atoms with Gasteiger partial charge in [-0.1, -0.05) is 57.2 Å². The lowest BCUT2D eigenvalue weighted by Gasteiger charge is -2.35. The van der Waals surface area contributed by atoms with Crippen molar-refractivity contribution in [3.63, 3.8) is 0 Å². The van der Waals surface area contributed by atoms with Crippen LogP contribution >= 0.6 is 11.8 Å². The Hall–Kier alpha value is -2.75. The number of thioether (sulfide) groups is 1. The molecule has 0 spiro atoms. The number of nitrogens with one attached hydrogen (secondary N) is 2. The van der Waals surface area contributed by atoms with Gasteiger partial charge in [0.1, 0.15) is 24.2 Å². The third kappa shape index (κ3) is 13.6. The van der Waals surface area contributed by atoms with Gasteiger partial charge in [0.05, 0.1) is 7.11 Å². The molecule has 0 saturated carbocycles. The summed E-state index contributed by atoms with van der Waals surface area (Å²) in [5, 5.41) is 5.41. The minimum atomic E-state index is -1.00. The van der Waals surface area contributed by atoms with E-state index in [9.17, 15) is 19.2 Å². The first-order valence-corrected chi connectivity index (χ1v) is 15.9. The zero-order valence-corrected chi connectivity index (χ0v) is 27.1. The van der Waals surface area contributed by atoms with Crippen LogP contribution in [0.3, 0.4) is 0 Å². The monoisotopic (exact) mass is 593 g/mol. The maximum atomic E-state index is 14.3. The number of hydrogen-bond acceptors (Lipinski definition) is 7. The van der Waals surface area contributed by atoms with E-state index in [0.717, 1.165) is 43.2 Å². The van der Waals surface area contributed by atoms with E-state index in [0.29, 0.717) is 30.7 Å². The fraction of sp³-hybridized carbons (Fsp3) is 0.677. The molecule has 41 heavy (non-hydrogen) atoms. The minimum absolute atomic E-state index is 0.318. The molecule has 10 heteroatoms. The Morgan fingerprint density at radius 3 is 2.24 bits per heavy atom. The lowest BCUT2D eigenvalue weighted by atomic mass is 9.97. The van der Waals surface area contributed by atoms with E-state index in [2.05, 4.69) is 17.6 Å². The van der Waals surface area contributed by atoms with Crippen molar-refractivity contribution in [2.75, 3.05) is 32.2 Å². The van der Waals surface area contributed by atoms with Gasteiger partial charge in [-0.2, -0.15) is 11.8 Å². The maximum Gasteiger partial charge on any atom is 0.408 e. The summed E-state index contributed by atoms with van der Waals surface area (Å²) in [5.74, 6) is -0.816. The highest BCUT2D eigenvalue weighted by atomic mass is 32.2. The number of methoxy groups -OCH3 is 1. The smallest absolute Gasteiger partial charge is 0.408 e. The Bertz CT molecular complexity index is 995. The Kier molecular flexibility index (Phi) is 16.5. The van der Waals surface area contributed by atoms with E-state index in [4.69, 9.17) is 9.47 Å². The number of carbonyl (C=O) groups excluding carboxylic acids is 4. The number of unbranched alkanes of at least 4 members (excludes halogenated alkanes) is 5. The number of hydrogen-bond donors (Lipinski definition) is 2. The SMILES string of the molecule is CCCCCCCCN(C(=O)C(CCSC)NC(=O)OC(C)(C)C)C(C(=O)NCC(=O)OC)c1ccc(C)c(C)c1. The van der Waals surface area contributed by atoms with E-state index in [1.807, 2.05) is 38.3 Å². The molecular weight excluding hydrogens is 542 g/mol. The van der Waals surface area contributed by atoms with Crippen molar-refractivity contribution in [3.8, 4) is 0 Å². The summed E-state index contributed by atoms with van der Waals surface area (Å²) in [7, 11) is 1.25. The molecular formula is C31H51N3O6S. The van der Waals surface area contributed by atoms with Gasteiger partial charge in [0.15, 0.2) is 0 Å². The van der Waals surface area contributed by atoms with Gasteiger partial charge >= 0.3 is 12.1 Å². The molecule has 2 unspecified atom stereocenters. The van der Waals surface area contributed by atoms with Gasteiger partial charge in [-0.25, -0.2) is 4.79 Å². The predicted octanol–water partition coefficient (Wildman–Crippen LogP) is 5.47. The van der Waals surface area contributed by atoms with Crippen LogP contribution in [0.2, 0.25) is 0 Å². The van der Waals surface area contributed by atoms with E-state index < -0.39 is 35.7 Å². The van der Waals surface area contributed by atoms with Crippen molar-refractivity contribution in [1.82, 2.24) is 15.5 Å². The van der Waals surface area contributed by atoms with Gasteiger partial charge < -0.3 is 25.0 Å². The molecule has 0 aromatic heterocycles. The molecule has 0 aliphatic rings. The van der Waals surface area contributed by atoms with Crippen LogP contribution in [0.4, 0.5) is 4.79 Å². The normalized spacial score (nSPS) is 12.7. The van der Waals surface area contributed by atoms with Crippen LogP contribution in [-0.4, -0.2) is 72.6 Å². The van der Waals surface area contributed by atoms with Crippen LogP contribution in [0.1, 0.15) is 95.4 Å². The van der Waals surface area contributed by atoms with Crippen LogP contribution in [0, 0.1) is 13.8 Å². The van der Waals surface area contributed by atoms with E-state index in [1.165, 1.54) is 7.11 Å². The van der Waals surface area contributed by atoms with Crippen molar-refractivity contribution < 1.29 is 28.7 Å². The number of nitrogens with zero attached hydrogens (tertiary/aromatic N) is 1. The average Bonchev–Trinajstić information content (AvgIpc) is 2.91. The number of esters is 1. The first kappa shape index (κ1) is 36.3. The van der Waals surface area contributed by atoms with Crippen LogP contribution in [-0.2, 0) is 23.9 Å². The quantitative estimate of drug-likeness (QED) is 0.182. The van der Waals surface area contributed by atoms with Gasteiger partial charge in [-0.3, -0.25) is 14.4 Å². The number of aryl methyl sites for hydroxylation is 2. The Morgan fingerprint density at radius 1 is 1.00 bits per heavy atom. The molecule has 0 aliphatic heterocycles. The number of rotatable bonds is 17. The summed E-state index contributed by atoms with van der Waals surface area (Å²) in [6, 6.07) is 3.77. The Balaban J connectivity index is 3.49. The summed E-state index contributed by atoms with van der Waals surface area (Å²) in [5.41, 5.74) is 1.94. The summed E-state index contributed by atoms with van der Waals surface area (Å²) < 4.78 is 10.2. The average molecular weight is 594 g/mol. The molecule has 232 valence electrons. The molecule has 1 aromatic rings. The standard InChI is InChI=1S/C31H51N3O6S/c1-9-10-11-12-13-14-18-34(29(37)25(17-19-41-8)33-30(38)40-31(4,5)6)27(28(36)32-21-26(35)39-7)24-16-15-22(2)23(3)20-24/h15-16,20,25,27H,9-14,17-19,21H2,1-8H3,(H,32,36)(H,33,38). The third-order valence-corrected chi connectivity index (χ3v) is 7.32. The number of benzene rings is 1. The topological polar surface area (TPSA) is 114 Å². The van der Waals surface area contributed by atoms with Crippen molar-refractivity contribution in [3.05, 3.63) is 34.9 Å². The number of ether oxygens (including phenoxy) is 2. The summed E-state index contributed by atoms with van der Waals surface area (Å²) in [6.45, 7) is 11.4. The van der Waals surface area contributed by atoms with Crippen molar-refractivity contribution in [2.24, 2.45) is 0 Å². The summed E-state index contributed by atoms with van der Waals surface area (Å²) in [6.07, 6.45) is 7.65. The van der Waals surface area contributed by atoms with Gasteiger partial charge in [-0.05, 0) is 76.2 Å². The van der Waals surface area contributed by atoms with Crippen LogP contribution in [0.15, 0.2) is 18.2 Å². The largest absolute Gasteiger partial charge is 0.468 e.